The number of ether oxygens (including phenoxy) is 4. The lowest BCUT2D eigenvalue weighted by molar-refractivity contribution is -0.140. The Balaban J connectivity index is 1.77. The minimum Gasteiger partial charge on any atom is -0.481 e. The van der Waals surface area contributed by atoms with Crippen molar-refractivity contribution in [2.75, 3.05) is 53.3 Å². The van der Waals surface area contributed by atoms with Crippen LogP contribution >= 0.6 is 0 Å². The maximum Gasteiger partial charge on any atom is 0.310 e. The lowest BCUT2D eigenvalue weighted by Crippen LogP contribution is -2.29. The van der Waals surface area contributed by atoms with E-state index in [9.17, 15) is 19.5 Å². The molecule has 5 rings (SSSR count). The smallest absolute Gasteiger partial charge is 0.310 e. The van der Waals surface area contributed by atoms with Gasteiger partial charge in [0.05, 0.1) is 75.8 Å². The van der Waals surface area contributed by atoms with Crippen LogP contribution < -0.4 is 5.32 Å². The van der Waals surface area contributed by atoms with Crippen molar-refractivity contribution in [3.63, 3.8) is 0 Å². The third-order valence-electron chi connectivity index (χ3n) is 11.6. The Morgan fingerprint density at radius 3 is 2.20 bits per heavy atom. The van der Waals surface area contributed by atoms with Gasteiger partial charge < -0.3 is 44.4 Å². The van der Waals surface area contributed by atoms with Gasteiger partial charge in [-0.05, 0) is 80.5 Å². The van der Waals surface area contributed by atoms with E-state index in [4.69, 9.17) is 34.0 Å². The van der Waals surface area contributed by atoms with Gasteiger partial charge in [0, 0.05) is 70.3 Å². The molecule has 2 aliphatic rings. The largest absolute Gasteiger partial charge is 0.481 e. The number of H-pyrrole nitrogens is 2. The highest BCUT2D eigenvalue weighted by molar-refractivity contribution is 6.27. The first kappa shape index (κ1) is 46.2. The number of aromatic amines is 2. The quantitative estimate of drug-likeness (QED) is 0.0510. The molecule has 0 aromatic carbocycles. The summed E-state index contributed by atoms with van der Waals surface area (Å²) in [4.78, 5) is 57.3. The number of carbonyl (C=O) groups is 3. The van der Waals surface area contributed by atoms with Crippen LogP contribution in [0.2, 0.25) is 0 Å². The van der Waals surface area contributed by atoms with E-state index in [1.165, 1.54) is 13.5 Å². The van der Waals surface area contributed by atoms with Crippen LogP contribution in [0.5, 0.6) is 0 Å². The first-order chi connectivity index (χ1) is 28.9. The third kappa shape index (κ3) is 11.1. The van der Waals surface area contributed by atoms with Crippen molar-refractivity contribution in [1.82, 2.24) is 25.3 Å². The molecule has 3 aromatic heterocycles. The molecule has 2 unspecified atom stereocenters. The van der Waals surface area contributed by atoms with E-state index < -0.39 is 23.8 Å². The number of methoxy groups -OCH3 is 1. The van der Waals surface area contributed by atoms with Crippen molar-refractivity contribution < 1.29 is 43.5 Å². The summed E-state index contributed by atoms with van der Waals surface area (Å²) in [6, 6.07) is 6.10. The number of hydrogen-bond acceptors (Lipinski definition) is 10. The minimum atomic E-state index is -0.944. The molecule has 14 nitrogen and oxygen atoms in total. The van der Waals surface area contributed by atoms with Crippen LogP contribution in [0.4, 0.5) is 0 Å². The number of unbranched alkanes of at least 4 members (excludes halogenated alkanes) is 3. The lowest BCUT2D eigenvalue weighted by Gasteiger charge is -2.18. The van der Waals surface area contributed by atoms with Crippen molar-refractivity contribution in [2.45, 2.75) is 111 Å². The Morgan fingerprint density at radius 2 is 1.52 bits per heavy atom. The molecule has 2 atom stereocenters. The van der Waals surface area contributed by atoms with Crippen LogP contribution in [0.3, 0.4) is 0 Å². The summed E-state index contributed by atoms with van der Waals surface area (Å²) in [5.41, 5.74) is 11.2. The van der Waals surface area contributed by atoms with Crippen LogP contribution in [-0.2, 0) is 52.8 Å². The molecular weight excluding hydrogens is 767 g/mol. The summed E-state index contributed by atoms with van der Waals surface area (Å²) in [6.45, 7) is 14.6. The zero-order valence-corrected chi connectivity index (χ0v) is 36.3. The summed E-state index contributed by atoms with van der Waals surface area (Å²) in [6.07, 6.45) is 5.09. The summed E-state index contributed by atoms with van der Waals surface area (Å²) in [5, 5.41) is 21.8. The third-order valence-corrected chi connectivity index (χ3v) is 11.6. The zero-order chi connectivity index (χ0) is 43.3. The number of rotatable bonds is 22. The van der Waals surface area contributed by atoms with Gasteiger partial charge in [0.25, 0.3) is 5.91 Å². The van der Waals surface area contributed by atoms with Crippen LogP contribution in [0.15, 0.2) is 18.2 Å². The SMILES string of the molecule is CCCCCCOCc1c(C)c2cc3nc(c(CC(=O)OC)c4nc(cc5[nH]c(cc1[nH]2)c(C)c5CC)C(C)=C4C(=O)NCCOCCOCCO)C(CCC(=O)O)C3C. The normalized spacial score (nSPS) is 15.1. The van der Waals surface area contributed by atoms with Gasteiger partial charge >= 0.3 is 11.9 Å². The molecule has 2 aliphatic heterocycles. The number of esters is 1. The van der Waals surface area contributed by atoms with Crippen LogP contribution in [0, 0.1) is 13.8 Å². The second-order valence-corrected chi connectivity index (χ2v) is 15.5. The number of carboxylic acids is 1. The maximum absolute atomic E-state index is 14.3. The number of aliphatic hydroxyl groups excluding tert-OH is 1. The zero-order valence-electron chi connectivity index (χ0n) is 36.3. The van der Waals surface area contributed by atoms with E-state index in [0.717, 1.165) is 70.0 Å². The number of fused-ring (bicyclic) bond motifs is 8. The Morgan fingerprint density at radius 1 is 0.817 bits per heavy atom. The van der Waals surface area contributed by atoms with Gasteiger partial charge in [-0.25, -0.2) is 4.98 Å². The Kier molecular flexibility index (Phi) is 17.0. The fraction of sp³-hybridized carbons (Fsp3) is 0.543. The highest BCUT2D eigenvalue weighted by atomic mass is 16.5. The average molecular weight is 830 g/mol. The average Bonchev–Trinajstić information content (AvgIpc) is 3.91. The molecule has 60 heavy (non-hydrogen) atoms. The summed E-state index contributed by atoms with van der Waals surface area (Å²) >= 11 is 0. The Bertz CT molecular complexity index is 2200. The fourth-order valence-corrected chi connectivity index (χ4v) is 8.08. The van der Waals surface area contributed by atoms with E-state index in [0.29, 0.717) is 60.3 Å². The minimum absolute atomic E-state index is 0.0742. The first-order valence-electron chi connectivity index (χ1n) is 21.3. The first-order valence-corrected chi connectivity index (χ1v) is 21.3. The molecule has 5 heterocycles. The van der Waals surface area contributed by atoms with Crippen molar-refractivity contribution >= 4 is 51.1 Å². The molecule has 0 spiro atoms. The summed E-state index contributed by atoms with van der Waals surface area (Å²) < 4.78 is 22.4. The number of carbonyl (C=O) groups excluding carboxylic acids is 2. The van der Waals surface area contributed by atoms with Crippen LogP contribution in [-0.4, -0.2) is 101 Å². The second-order valence-electron chi connectivity index (χ2n) is 15.5. The number of aliphatic carboxylic acids is 1. The molecule has 0 radical (unpaired) electrons. The van der Waals surface area contributed by atoms with Gasteiger partial charge in [-0.2, -0.15) is 0 Å². The summed E-state index contributed by atoms with van der Waals surface area (Å²) in [7, 11) is 1.31. The number of hydrogen-bond donors (Lipinski definition) is 5. The molecule has 0 aliphatic carbocycles. The van der Waals surface area contributed by atoms with Gasteiger partial charge in [0.15, 0.2) is 0 Å². The van der Waals surface area contributed by atoms with Gasteiger partial charge in [0.1, 0.15) is 0 Å². The fourth-order valence-electron chi connectivity index (χ4n) is 8.08. The van der Waals surface area contributed by atoms with Crippen molar-refractivity contribution in [2.24, 2.45) is 0 Å². The van der Waals surface area contributed by atoms with Crippen molar-refractivity contribution in [1.29, 1.82) is 0 Å². The number of amides is 1. The number of aliphatic hydroxyl groups is 1. The molecule has 326 valence electrons. The number of carboxylic acid groups (broad SMARTS) is 1. The predicted octanol–water partition coefficient (Wildman–Crippen LogP) is 7.13. The van der Waals surface area contributed by atoms with Crippen molar-refractivity contribution in [3.05, 3.63) is 68.8 Å². The molecular formula is C46H63N5O9. The monoisotopic (exact) mass is 829 g/mol. The Labute approximate surface area is 352 Å². The molecule has 5 N–H and O–H groups in total. The van der Waals surface area contributed by atoms with Gasteiger partial charge in [-0.1, -0.05) is 40.0 Å². The molecule has 1 amide bonds. The number of aryl methyl sites for hydroxylation is 3. The highest BCUT2D eigenvalue weighted by Crippen LogP contribution is 2.44. The predicted molar refractivity (Wildman–Crippen MR) is 232 cm³/mol. The second kappa shape index (κ2) is 22.1. The number of nitrogens with zero attached hydrogens (tertiary/aromatic N) is 2. The standard InChI is InChI=1S/C46H63N5O9/c1-8-10-11-12-17-60-26-34-29(5)35-23-37-28(4)32(13-14-41(53)54)44(50-37)33(22-42(55)57-7)45-43(46(56)47-15-18-58-20-21-59-19-16-52)30(6)38(51-45)25-39-31(9-2)27(3)36(48-39)24-40(34)49-35/h23-25,28,32,48-49,52H,8-22,26H2,1-7H3,(H,47,56)(H,53,54). The van der Waals surface area contributed by atoms with Crippen LogP contribution in [0.1, 0.15) is 129 Å². The molecule has 3 aromatic rings. The van der Waals surface area contributed by atoms with Gasteiger partial charge in [-0.15, -0.1) is 0 Å². The number of aromatic nitrogens is 4. The van der Waals surface area contributed by atoms with Gasteiger partial charge in [-0.3, -0.25) is 19.4 Å². The van der Waals surface area contributed by atoms with E-state index >= 15 is 0 Å². The lowest BCUT2D eigenvalue weighted by atomic mass is 9.84. The van der Waals surface area contributed by atoms with Crippen molar-refractivity contribution in [3.8, 4) is 0 Å². The Hall–Kier alpha value is -4.89. The van der Waals surface area contributed by atoms with E-state index in [1.807, 2.05) is 26.0 Å². The number of nitrogens with one attached hydrogen (secondary N) is 3. The molecule has 0 fully saturated rings. The summed E-state index contributed by atoms with van der Waals surface area (Å²) in [5.74, 6) is -2.54. The topological polar surface area (TPSA) is 198 Å². The molecule has 0 saturated carbocycles. The van der Waals surface area contributed by atoms with E-state index in [-0.39, 0.29) is 57.1 Å². The van der Waals surface area contributed by atoms with E-state index in [2.05, 4.69) is 49.0 Å². The highest BCUT2D eigenvalue weighted by Gasteiger charge is 2.35. The molecule has 0 saturated heterocycles. The van der Waals surface area contributed by atoms with E-state index in [1.54, 1.807) is 0 Å². The number of allylic oxidation sites excluding steroid dienone is 1. The molecule has 8 bridgehead atoms. The maximum atomic E-state index is 14.3. The van der Waals surface area contributed by atoms with Crippen LogP contribution in [0.25, 0.3) is 33.2 Å². The molecule has 14 heteroatoms. The van der Waals surface area contributed by atoms with Gasteiger partial charge in [0.2, 0.25) is 0 Å².